The molecule has 7 heteroatoms. The van der Waals surface area contributed by atoms with Crippen molar-refractivity contribution in [3.63, 3.8) is 0 Å². The first-order valence-corrected chi connectivity index (χ1v) is 4.52. The van der Waals surface area contributed by atoms with E-state index in [2.05, 4.69) is 9.68 Å². The van der Waals surface area contributed by atoms with Gasteiger partial charge in [-0.1, -0.05) is 19.0 Å². The summed E-state index contributed by atoms with van der Waals surface area (Å²) in [6.07, 6.45) is -4.75. The number of aromatic carboxylic acids is 1. The second-order valence-corrected chi connectivity index (χ2v) is 3.73. The molecule has 0 amide bonds. The Labute approximate surface area is 89.0 Å². The zero-order chi connectivity index (χ0) is 12.5. The van der Waals surface area contributed by atoms with Crippen molar-refractivity contribution in [1.29, 1.82) is 0 Å². The first kappa shape index (κ1) is 12.5. The molecule has 0 unspecified atom stereocenters. The van der Waals surface area contributed by atoms with Gasteiger partial charge >= 0.3 is 12.1 Å². The first-order chi connectivity index (χ1) is 7.23. The lowest BCUT2D eigenvalue weighted by molar-refractivity contribution is -0.139. The molecular weight excluding hydrogens is 227 g/mol. The second-order valence-electron chi connectivity index (χ2n) is 3.73. The van der Waals surface area contributed by atoms with Gasteiger partial charge in [0.15, 0.2) is 0 Å². The Balaban J connectivity index is 3.25. The van der Waals surface area contributed by atoms with Crippen LogP contribution < -0.4 is 0 Å². The zero-order valence-corrected chi connectivity index (χ0v) is 8.63. The molecule has 90 valence electrons. The lowest BCUT2D eigenvalue weighted by Crippen LogP contribution is -2.14. The van der Waals surface area contributed by atoms with Gasteiger partial charge in [-0.3, -0.25) is 0 Å². The van der Waals surface area contributed by atoms with Gasteiger partial charge in [0.1, 0.15) is 5.56 Å². The highest BCUT2D eigenvalue weighted by Crippen LogP contribution is 2.35. The van der Waals surface area contributed by atoms with E-state index in [1.165, 1.54) is 0 Å². The first-order valence-electron chi connectivity index (χ1n) is 4.52. The van der Waals surface area contributed by atoms with Crippen LogP contribution in [-0.4, -0.2) is 16.2 Å². The molecule has 16 heavy (non-hydrogen) atoms. The maximum absolute atomic E-state index is 12.6. The number of hydrogen-bond donors (Lipinski definition) is 1. The normalized spacial score (nSPS) is 12.1. The third-order valence-electron chi connectivity index (χ3n) is 1.84. The molecule has 0 bridgehead atoms. The van der Waals surface area contributed by atoms with Crippen LogP contribution in [0.1, 0.15) is 35.7 Å². The Morgan fingerprint density at radius 3 is 2.44 bits per heavy atom. The molecule has 0 fully saturated rings. The van der Waals surface area contributed by atoms with Crippen LogP contribution in [0.4, 0.5) is 13.2 Å². The molecule has 0 saturated carbocycles. The summed E-state index contributed by atoms with van der Waals surface area (Å²) in [5, 5.41) is 11.7. The Kier molecular flexibility index (Phi) is 3.25. The molecular formula is C9H10F3NO3. The number of hydrogen-bond acceptors (Lipinski definition) is 3. The maximum Gasteiger partial charge on any atom is 0.422 e. The highest BCUT2D eigenvalue weighted by molar-refractivity contribution is 5.86. The largest absolute Gasteiger partial charge is 0.475 e. The molecule has 0 aromatic carbocycles. The van der Waals surface area contributed by atoms with E-state index >= 15 is 0 Å². The van der Waals surface area contributed by atoms with Gasteiger partial charge in [0.05, 0.1) is 5.69 Å². The van der Waals surface area contributed by atoms with Crippen LogP contribution in [0, 0.1) is 5.92 Å². The van der Waals surface area contributed by atoms with E-state index in [4.69, 9.17) is 5.11 Å². The number of carboxylic acids is 1. The molecule has 1 aromatic heterocycles. The molecule has 0 aliphatic carbocycles. The van der Waals surface area contributed by atoms with E-state index in [0.717, 1.165) is 0 Å². The molecule has 4 nitrogen and oxygen atoms in total. The van der Waals surface area contributed by atoms with E-state index in [1.54, 1.807) is 13.8 Å². The monoisotopic (exact) mass is 237 g/mol. The predicted molar refractivity (Wildman–Crippen MR) is 47.0 cm³/mol. The molecule has 1 rings (SSSR count). The van der Waals surface area contributed by atoms with Crippen molar-refractivity contribution in [3.05, 3.63) is 17.0 Å². The Morgan fingerprint density at radius 2 is 2.06 bits per heavy atom. The van der Waals surface area contributed by atoms with Gasteiger partial charge in [0.25, 0.3) is 5.76 Å². The molecule has 0 spiro atoms. The fraction of sp³-hybridized carbons (Fsp3) is 0.556. The van der Waals surface area contributed by atoms with Crippen LogP contribution >= 0.6 is 0 Å². The number of rotatable bonds is 3. The van der Waals surface area contributed by atoms with Crippen LogP contribution in [-0.2, 0) is 12.6 Å². The molecule has 1 N–H and O–H groups in total. The summed E-state index contributed by atoms with van der Waals surface area (Å²) in [4.78, 5) is 10.5. The van der Waals surface area contributed by atoms with Crippen molar-refractivity contribution in [2.45, 2.75) is 26.4 Å². The molecule has 0 aliphatic rings. The summed E-state index contributed by atoms with van der Waals surface area (Å²) in [6.45, 7) is 3.41. The minimum atomic E-state index is -4.77. The van der Waals surface area contributed by atoms with Gasteiger partial charge in [-0.25, -0.2) is 4.79 Å². The van der Waals surface area contributed by atoms with E-state index in [0.29, 0.717) is 0 Å². The van der Waals surface area contributed by atoms with Gasteiger partial charge in [-0.2, -0.15) is 13.2 Å². The van der Waals surface area contributed by atoms with E-state index in [-0.39, 0.29) is 18.0 Å². The SMILES string of the molecule is CC(C)Cc1noc(C(=O)O)c1C(F)(F)F. The topological polar surface area (TPSA) is 63.3 Å². The maximum atomic E-state index is 12.6. The lowest BCUT2D eigenvalue weighted by Gasteiger charge is -2.07. The van der Waals surface area contributed by atoms with Crippen LogP contribution in [0.5, 0.6) is 0 Å². The number of aromatic nitrogens is 1. The van der Waals surface area contributed by atoms with Gasteiger partial charge in [-0.05, 0) is 12.3 Å². The van der Waals surface area contributed by atoms with Crippen LogP contribution in [0.25, 0.3) is 0 Å². The molecule has 0 atom stereocenters. The Bertz CT molecular complexity index is 395. The third kappa shape index (κ3) is 2.53. The van der Waals surface area contributed by atoms with Gasteiger partial charge in [0.2, 0.25) is 0 Å². The fourth-order valence-corrected chi connectivity index (χ4v) is 1.29. The average Bonchev–Trinajstić information content (AvgIpc) is 2.45. The number of carbonyl (C=O) groups is 1. The summed E-state index contributed by atoms with van der Waals surface area (Å²) in [7, 11) is 0. The summed E-state index contributed by atoms with van der Waals surface area (Å²) >= 11 is 0. The molecule has 1 aromatic rings. The summed E-state index contributed by atoms with van der Waals surface area (Å²) in [6, 6.07) is 0. The van der Waals surface area contributed by atoms with Crippen molar-refractivity contribution < 1.29 is 27.6 Å². The molecule has 0 saturated heterocycles. The summed E-state index contributed by atoms with van der Waals surface area (Å²) < 4.78 is 42.0. The highest BCUT2D eigenvalue weighted by atomic mass is 19.4. The number of carboxylic acid groups (broad SMARTS) is 1. The van der Waals surface area contributed by atoms with E-state index in [9.17, 15) is 18.0 Å². The van der Waals surface area contributed by atoms with E-state index < -0.39 is 23.5 Å². The minimum absolute atomic E-state index is 0.0195. The van der Waals surface area contributed by atoms with Crippen molar-refractivity contribution >= 4 is 5.97 Å². The predicted octanol–water partition coefficient (Wildman–Crippen LogP) is 2.59. The number of nitrogens with zero attached hydrogens (tertiary/aromatic N) is 1. The van der Waals surface area contributed by atoms with Crippen molar-refractivity contribution in [1.82, 2.24) is 5.16 Å². The minimum Gasteiger partial charge on any atom is -0.475 e. The second kappa shape index (κ2) is 4.15. The standard InChI is InChI=1S/C9H10F3NO3/c1-4(2)3-5-6(9(10,11)12)7(8(14)15)16-13-5/h4H,3H2,1-2H3,(H,14,15). The lowest BCUT2D eigenvalue weighted by atomic mass is 10.0. The third-order valence-corrected chi connectivity index (χ3v) is 1.84. The quantitative estimate of drug-likeness (QED) is 0.877. The number of halogens is 3. The van der Waals surface area contributed by atoms with Crippen molar-refractivity contribution in [2.24, 2.45) is 5.92 Å². The van der Waals surface area contributed by atoms with Crippen molar-refractivity contribution in [3.8, 4) is 0 Å². The molecule has 0 radical (unpaired) electrons. The fourth-order valence-electron chi connectivity index (χ4n) is 1.29. The molecule has 0 aliphatic heterocycles. The Morgan fingerprint density at radius 1 is 1.50 bits per heavy atom. The highest BCUT2D eigenvalue weighted by Gasteiger charge is 2.42. The van der Waals surface area contributed by atoms with Crippen molar-refractivity contribution in [2.75, 3.05) is 0 Å². The van der Waals surface area contributed by atoms with Crippen LogP contribution in [0.2, 0.25) is 0 Å². The van der Waals surface area contributed by atoms with Gasteiger partial charge in [0, 0.05) is 0 Å². The zero-order valence-electron chi connectivity index (χ0n) is 8.63. The summed E-state index contributed by atoms with van der Waals surface area (Å²) in [5.41, 5.74) is -1.64. The van der Waals surface area contributed by atoms with E-state index in [1.807, 2.05) is 0 Å². The smallest absolute Gasteiger partial charge is 0.422 e. The van der Waals surface area contributed by atoms with Gasteiger partial charge in [-0.15, -0.1) is 0 Å². The van der Waals surface area contributed by atoms with Crippen LogP contribution in [0.15, 0.2) is 4.52 Å². The summed E-state index contributed by atoms with van der Waals surface area (Å²) in [5.74, 6) is -2.99. The van der Waals surface area contributed by atoms with Gasteiger partial charge < -0.3 is 9.63 Å². The average molecular weight is 237 g/mol. The van der Waals surface area contributed by atoms with Crippen LogP contribution in [0.3, 0.4) is 0 Å². The molecule has 1 heterocycles. The number of alkyl halides is 3. The Hall–Kier alpha value is -1.53.